The maximum atomic E-state index is 12.6. The van der Waals surface area contributed by atoms with Gasteiger partial charge in [0.05, 0.1) is 6.04 Å². The first-order valence-corrected chi connectivity index (χ1v) is 10.8. The molecule has 1 N–H and O–H groups in total. The number of carbonyl (C=O) groups excluding carboxylic acids is 2. The second kappa shape index (κ2) is 9.14. The Hall–Kier alpha value is -2.44. The summed E-state index contributed by atoms with van der Waals surface area (Å²) in [5.74, 6) is 0. The number of nitrogens with zero attached hydrogens (tertiary/aromatic N) is 2. The minimum Gasteiger partial charge on any atom is -0.447 e. The van der Waals surface area contributed by atoms with Crippen molar-refractivity contribution in [3.8, 4) is 0 Å². The number of halogens is 2. The van der Waals surface area contributed by atoms with Gasteiger partial charge in [-0.05, 0) is 36.1 Å². The van der Waals surface area contributed by atoms with Gasteiger partial charge in [-0.25, -0.2) is 9.59 Å². The molecule has 2 fully saturated rings. The molecular weight excluding hydrogens is 425 g/mol. The molecule has 1 unspecified atom stereocenters. The second-order valence-corrected chi connectivity index (χ2v) is 8.37. The zero-order chi connectivity index (χ0) is 21.1. The van der Waals surface area contributed by atoms with E-state index >= 15 is 0 Å². The summed E-state index contributed by atoms with van der Waals surface area (Å²) in [5.41, 5.74) is 1.89. The molecule has 0 bridgehead atoms. The van der Waals surface area contributed by atoms with Gasteiger partial charge < -0.3 is 15.0 Å². The smallest absolute Gasteiger partial charge is 0.410 e. The van der Waals surface area contributed by atoms with Crippen LogP contribution in [0.3, 0.4) is 0 Å². The van der Waals surface area contributed by atoms with Crippen molar-refractivity contribution in [3.05, 3.63) is 69.7 Å². The molecule has 2 aliphatic heterocycles. The first-order valence-electron chi connectivity index (χ1n) is 9.99. The Labute approximate surface area is 185 Å². The number of rotatable bonds is 4. The second-order valence-electron chi connectivity index (χ2n) is 7.52. The fourth-order valence-corrected chi connectivity index (χ4v) is 4.54. The number of benzene rings is 2. The Morgan fingerprint density at radius 3 is 2.53 bits per heavy atom. The monoisotopic (exact) mass is 447 g/mol. The number of urea groups is 1. The molecule has 4 rings (SSSR count). The lowest BCUT2D eigenvalue weighted by Gasteiger charge is -2.37. The van der Waals surface area contributed by atoms with E-state index in [-0.39, 0.29) is 24.2 Å². The van der Waals surface area contributed by atoms with E-state index < -0.39 is 0 Å². The van der Waals surface area contributed by atoms with Crippen LogP contribution in [0.1, 0.15) is 30.0 Å². The molecular formula is C22H23Cl2N3O3. The molecule has 2 aromatic rings. The summed E-state index contributed by atoms with van der Waals surface area (Å²) >= 11 is 12.1. The maximum Gasteiger partial charge on any atom is 0.410 e. The van der Waals surface area contributed by atoms with Gasteiger partial charge in [0, 0.05) is 35.7 Å². The van der Waals surface area contributed by atoms with E-state index in [4.69, 9.17) is 27.9 Å². The van der Waals surface area contributed by atoms with Gasteiger partial charge in [0.1, 0.15) is 6.61 Å². The molecule has 2 saturated heterocycles. The first kappa shape index (κ1) is 20.8. The third-order valence-electron chi connectivity index (χ3n) is 5.69. The molecule has 0 aromatic heterocycles. The van der Waals surface area contributed by atoms with Crippen LogP contribution in [-0.2, 0) is 11.3 Å². The highest BCUT2D eigenvalue weighted by molar-refractivity contribution is 6.35. The third kappa shape index (κ3) is 4.50. The molecule has 8 heteroatoms. The summed E-state index contributed by atoms with van der Waals surface area (Å²) < 4.78 is 5.34. The van der Waals surface area contributed by atoms with Crippen molar-refractivity contribution in [3.63, 3.8) is 0 Å². The third-order valence-corrected chi connectivity index (χ3v) is 6.27. The Kier molecular flexibility index (Phi) is 6.35. The van der Waals surface area contributed by atoms with E-state index in [2.05, 4.69) is 5.32 Å². The molecule has 0 aliphatic carbocycles. The molecule has 3 amide bonds. The number of nitrogens with one attached hydrogen (secondary N) is 1. The average molecular weight is 448 g/mol. The molecule has 2 aromatic carbocycles. The van der Waals surface area contributed by atoms with Crippen LogP contribution in [0.15, 0.2) is 48.5 Å². The number of carbonyl (C=O) groups is 2. The van der Waals surface area contributed by atoms with Crippen LogP contribution in [0.2, 0.25) is 10.0 Å². The molecule has 2 heterocycles. The normalized spacial score (nSPS) is 19.7. The van der Waals surface area contributed by atoms with E-state index in [1.165, 1.54) is 0 Å². The Morgan fingerprint density at radius 2 is 1.83 bits per heavy atom. The lowest BCUT2D eigenvalue weighted by molar-refractivity contribution is 0.113. The van der Waals surface area contributed by atoms with Gasteiger partial charge in [0.15, 0.2) is 0 Å². The van der Waals surface area contributed by atoms with Gasteiger partial charge in [-0.3, -0.25) is 4.90 Å². The number of amides is 3. The van der Waals surface area contributed by atoms with Gasteiger partial charge in [-0.15, -0.1) is 0 Å². The van der Waals surface area contributed by atoms with Crippen molar-refractivity contribution in [1.82, 2.24) is 15.1 Å². The highest BCUT2D eigenvalue weighted by atomic mass is 35.5. The predicted molar refractivity (Wildman–Crippen MR) is 116 cm³/mol. The minimum absolute atomic E-state index is 0.0555. The van der Waals surface area contributed by atoms with E-state index in [0.717, 1.165) is 11.1 Å². The highest BCUT2D eigenvalue weighted by Crippen LogP contribution is 2.33. The van der Waals surface area contributed by atoms with Crippen LogP contribution in [-0.4, -0.2) is 47.7 Å². The summed E-state index contributed by atoms with van der Waals surface area (Å²) in [6.45, 7) is 1.86. The highest BCUT2D eigenvalue weighted by Gasteiger charge is 2.40. The zero-order valence-corrected chi connectivity index (χ0v) is 17.9. The van der Waals surface area contributed by atoms with Gasteiger partial charge >= 0.3 is 12.1 Å². The Balaban J connectivity index is 1.33. The van der Waals surface area contributed by atoms with Crippen molar-refractivity contribution in [2.24, 2.45) is 0 Å². The molecule has 30 heavy (non-hydrogen) atoms. The van der Waals surface area contributed by atoms with Crippen molar-refractivity contribution in [1.29, 1.82) is 0 Å². The Morgan fingerprint density at radius 1 is 1.10 bits per heavy atom. The minimum atomic E-state index is -0.274. The lowest BCUT2D eigenvalue weighted by atomic mass is 9.99. The number of hydrogen-bond donors (Lipinski definition) is 1. The van der Waals surface area contributed by atoms with Gasteiger partial charge in [0.2, 0.25) is 0 Å². The summed E-state index contributed by atoms with van der Waals surface area (Å²) in [6.07, 6.45) is 1.16. The quantitative estimate of drug-likeness (QED) is 0.727. The van der Waals surface area contributed by atoms with Crippen LogP contribution in [0.25, 0.3) is 0 Å². The molecule has 0 spiro atoms. The van der Waals surface area contributed by atoms with E-state index in [9.17, 15) is 9.59 Å². The first-order chi connectivity index (χ1) is 14.5. The lowest BCUT2D eigenvalue weighted by Crippen LogP contribution is -2.50. The van der Waals surface area contributed by atoms with E-state index in [1.807, 2.05) is 35.2 Å². The van der Waals surface area contributed by atoms with Crippen molar-refractivity contribution < 1.29 is 14.3 Å². The standard InChI is InChI=1S/C22H23Cl2N3O3/c23-17-7-6-16(19(24)12-17)13-25-21(28)26-10-8-18(9-11-26)27-20(14-30-22(27)29)15-4-2-1-3-5-15/h1-7,12,18,20H,8-11,13-14H2,(H,25,28). The van der Waals surface area contributed by atoms with Crippen molar-refractivity contribution >= 4 is 35.3 Å². The van der Waals surface area contributed by atoms with Gasteiger partial charge in [0.25, 0.3) is 0 Å². The van der Waals surface area contributed by atoms with Crippen molar-refractivity contribution in [2.75, 3.05) is 19.7 Å². The largest absolute Gasteiger partial charge is 0.447 e. The molecule has 158 valence electrons. The fraction of sp³-hybridized carbons (Fsp3) is 0.364. The van der Waals surface area contributed by atoms with Crippen LogP contribution in [0, 0.1) is 0 Å². The molecule has 6 nitrogen and oxygen atoms in total. The number of hydrogen-bond acceptors (Lipinski definition) is 3. The van der Waals surface area contributed by atoms with E-state index in [1.54, 1.807) is 23.1 Å². The van der Waals surface area contributed by atoms with Crippen LogP contribution in [0.4, 0.5) is 9.59 Å². The SMILES string of the molecule is O=C(NCc1ccc(Cl)cc1Cl)N1CCC(N2C(=O)OCC2c2ccccc2)CC1. The zero-order valence-electron chi connectivity index (χ0n) is 16.4. The van der Waals surface area contributed by atoms with Crippen LogP contribution < -0.4 is 5.32 Å². The van der Waals surface area contributed by atoms with Crippen LogP contribution >= 0.6 is 23.2 Å². The molecule has 0 radical (unpaired) electrons. The van der Waals surface area contributed by atoms with Gasteiger partial charge in [-0.2, -0.15) is 0 Å². The average Bonchev–Trinajstić information content (AvgIpc) is 3.15. The molecule has 1 atom stereocenters. The molecule has 2 aliphatic rings. The topological polar surface area (TPSA) is 61.9 Å². The van der Waals surface area contributed by atoms with E-state index in [0.29, 0.717) is 49.1 Å². The maximum absolute atomic E-state index is 12.6. The number of piperidine rings is 1. The number of cyclic esters (lactones) is 1. The number of ether oxygens (including phenoxy) is 1. The Bertz CT molecular complexity index is 917. The van der Waals surface area contributed by atoms with Crippen molar-refractivity contribution in [2.45, 2.75) is 31.5 Å². The predicted octanol–water partition coefficient (Wildman–Crippen LogP) is 4.86. The van der Waals surface area contributed by atoms with Gasteiger partial charge in [-0.1, -0.05) is 59.6 Å². The summed E-state index contributed by atoms with van der Waals surface area (Å²) in [7, 11) is 0. The molecule has 0 saturated carbocycles. The number of likely N-dealkylation sites (tertiary alicyclic amines) is 1. The van der Waals surface area contributed by atoms with Crippen LogP contribution in [0.5, 0.6) is 0 Å². The summed E-state index contributed by atoms with van der Waals surface area (Å²) in [4.78, 5) is 28.6. The summed E-state index contributed by atoms with van der Waals surface area (Å²) in [6, 6.07) is 15.0. The fourth-order valence-electron chi connectivity index (χ4n) is 4.06. The summed E-state index contributed by atoms with van der Waals surface area (Å²) in [5, 5.41) is 4.00.